The second-order valence-corrected chi connectivity index (χ2v) is 5.02. The normalized spacial score (nSPS) is 10.4. The molecule has 3 N–H and O–H groups in total. The Kier molecular flexibility index (Phi) is 3.62. The number of hydrogen-bond donors (Lipinski definition) is 2. The molecule has 3 aromatic carbocycles. The summed E-state index contributed by atoms with van der Waals surface area (Å²) in [4.78, 5) is 11.4. The summed E-state index contributed by atoms with van der Waals surface area (Å²) >= 11 is 0. The van der Waals surface area contributed by atoms with Crippen LogP contribution in [0.25, 0.3) is 22.3 Å². The smallest absolute Gasteiger partial charge is 0.337 e. The third-order valence-electron chi connectivity index (χ3n) is 3.59. The number of carboxylic acid groups (broad SMARTS) is 1. The van der Waals surface area contributed by atoms with E-state index in [1.54, 1.807) is 12.1 Å². The van der Waals surface area contributed by atoms with Gasteiger partial charge in [-0.15, -0.1) is 0 Å². The molecule has 108 valence electrons. The zero-order valence-corrected chi connectivity index (χ0v) is 11.9. The van der Waals surface area contributed by atoms with E-state index >= 15 is 0 Å². The van der Waals surface area contributed by atoms with Crippen LogP contribution in [0.15, 0.2) is 72.8 Å². The highest BCUT2D eigenvalue weighted by Crippen LogP contribution is 2.35. The molecular weight excluding hydrogens is 274 g/mol. The van der Waals surface area contributed by atoms with Crippen LogP contribution < -0.4 is 5.73 Å². The van der Waals surface area contributed by atoms with Gasteiger partial charge in [-0.05, 0) is 34.4 Å². The maximum Gasteiger partial charge on any atom is 0.337 e. The first-order chi connectivity index (χ1) is 10.7. The molecule has 0 aliphatic carbocycles. The van der Waals surface area contributed by atoms with Crippen molar-refractivity contribution in [2.45, 2.75) is 0 Å². The third-order valence-corrected chi connectivity index (χ3v) is 3.59. The lowest BCUT2D eigenvalue weighted by atomic mass is 9.92. The van der Waals surface area contributed by atoms with Crippen molar-refractivity contribution in [2.24, 2.45) is 0 Å². The lowest BCUT2D eigenvalue weighted by Gasteiger charge is -2.13. The Bertz CT molecular complexity index is 812. The predicted molar refractivity (Wildman–Crippen MR) is 88.7 cm³/mol. The molecule has 0 atom stereocenters. The maximum absolute atomic E-state index is 11.4. The van der Waals surface area contributed by atoms with Crippen LogP contribution in [0.4, 0.5) is 5.69 Å². The van der Waals surface area contributed by atoms with E-state index in [9.17, 15) is 9.90 Å². The Morgan fingerprint density at radius 2 is 1.23 bits per heavy atom. The molecule has 0 bridgehead atoms. The largest absolute Gasteiger partial charge is 0.478 e. The standard InChI is InChI=1S/C19H15NO2/c20-18-12-16(14-9-5-2-6-10-14)15(11-17(18)19(21)22)13-7-3-1-4-8-13/h1-12H,20H2,(H,21,22). The summed E-state index contributed by atoms with van der Waals surface area (Å²) in [5, 5.41) is 9.32. The minimum absolute atomic E-state index is 0.124. The molecule has 0 amide bonds. The number of aromatic carboxylic acids is 1. The predicted octanol–water partition coefficient (Wildman–Crippen LogP) is 4.30. The van der Waals surface area contributed by atoms with Crippen molar-refractivity contribution >= 4 is 11.7 Å². The van der Waals surface area contributed by atoms with Gasteiger partial charge in [-0.2, -0.15) is 0 Å². The number of carboxylic acids is 1. The highest BCUT2D eigenvalue weighted by molar-refractivity contribution is 5.99. The number of nitrogen functional groups attached to an aromatic ring is 1. The van der Waals surface area contributed by atoms with Gasteiger partial charge in [-0.1, -0.05) is 60.7 Å². The van der Waals surface area contributed by atoms with Gasteiger partial charge in [0.05, 0.1) is 5.56 Å². The molecule has 3 aromatic rings. The highest BCUT2D eigenvalue weighted by atomic mass is 16.4. The molecular formula is C19H15NO2. The van der Waals surface area contributed by atoms with Crippen LogP contribution >= 0.6 is 0 Å². The summed E-state index contributed by atoms with van der Waals surface area (Å²) in [5.41, 5.74) is 10.1. The molecule has 3 rings (SSSR count). The Morgan fingerprint density at radius 3 is 1.68 bits per heavy atom. The molecule has 0 aliphatic heterocycles. The number of hydrogen-bond acceptors (Lipinski definition) is 2. The Balaban J connectivity index is 2.29. The molecule has 3 heteroatoms. The van der Waals surface area contributed by atoms with E-state index in [-0.39, 0.29) is 11.3 Å². The first-order valence-electron chi connectivity index (χ1n) is 6.94. The lowest BCUT2D eigenvalue weighted by molar-refractivity contribution is 0.0698. The van der Waals surface area contributed by atoms with E-state index < -0.39 is 5.97 Å². The van der Waals surface area contributed by atoms with Crippen LogP contribution in [0.1, 0.15) is 10.4 Å². The topological polar surface area (TPSA) is 63.3 Å². The van der Waals surface area contributed by atoms with Gasteiger partial charge >= 0.3 is 5.97 Å². The SMILES string of the molecule is Nc1cc(-c2ccccc2)c(-c2ccccc2)cc1C(=O)O. The minimum atomic E-state index is -1.02. The van der Waals surface area contributed by atoms with Crippen molar-refractivity contribution in [1.82, 2.24) is 0 Å². The molecule has 3 nitrogen and oxygen atoms in total. The van der Waals surface area contributed by atoms with Crippen molar-refractivity contribution < 1.29 is 9.90 Å². The molecule has 0 radical (unpaired) electrons. The van der Waals surface area contributed by atoms with Gasteiger partial charge in [-0.3, -0.25) is 0 Å². The van der Waals surface area contributed by atoms with Crippen molar-refractivity contribution in [3.63, 3.8) is 0 Å². The minimum Gasteiger partial charge on any atom is -0.478 e. The van der Waals surface area contributed by atoms with Crippen molar-refractivity contribution in [1.29, 1.82) is 0 Å². The van der Waals surface area contributed by atoms with E-state index in [0.29, 0.717) is 0 Å². The van der Waals surface area contributed by atoms with Crippen LogP contribution in [0.5, 0.6) is 0 Å². The van der Waals surface area contributed by atoms with Gasteiger partial charge in [0, 0.05) is 5.69 Å². The molecule has 0 saturated carbocycles. The molecule has 0 aromatic heterocycles. The Morgan fingerprint density at radius 1 is 0.773 bits per heavy atom. The summed E-state index contributed by atoms with van der Waals surface area (Å²) in [7, 11) is 0. The first kappa shape index (κ1) is 13.9. The van der Waals surface area contributed by atoms with Gasteiger partial charge in [0.2, 0.25) is 0 Å². The van der Waals surface area contributed by atoms with Crippen LogP contribution in [0.2, 0.25) is 0 Å². The lowest BCUT2D eigenvalue weighted by Crippen LogP contribution is -2.03. The van der Waals surface area contributed by atoms with E-state index in [1.165, 1.54) is 0 Å². The summed E-state index contributed by atoms with van der Waals surface area (Å²) in [6.45, 7) is 0. The summed E-state index contributed by atoms with van der Waals surface area (Å²) in [5.74, 6) is -1.02. The Hall–Kier alpha value is -3.07. The Labute approximate surface area is 128 Å². The number of benzene rings is 3. The van der Waals surface area contributed by atoms with Crippen molar-refractivity contribution in [3.05, 3.63) is 78.4 Å². The van der Waals surface area contributed by atoms with Gasteiger partial charge in [0.1, 0.15) is 0 Å². The quantitative estimate of drug-likeness (QED) is 0.706. The average Bonchev–Trinajstić information content (AvgIpc) is 2.56. The molecule has 0 heterocycles. The van der Waals surface area contributed by atoms with Gasteiger partial charge in [0.15, 0.2) is 0 Å². The van der Waals surface area contributed by atoms with E-state index in [0.717, 1.165) is 22.3 Å². The van der Waals surface area contributed by atoms with Crippen LogP contribution in [-0.2, 0) is 0 Å². The molecule has 22 heavy (non-hydrogen) atoms. The second-order valence-electron chi connectivity index (χ2n) is 5.02. The molecule has 0 spiro atoms. The summed E-state index contributed by atoms with van der Waals surface area (Å²) in [6, 6.07) is 22.9. The zero-order valence-electron chi connectivity index (χ0n) is 11.9. The van der Waals surface area contributed by atoms with Crippen molar-refractivity contribution in [3.8, 4) is 22.3 Å². The summed E-state index contributed by atoms with van der Waals surface area (Å²) < 4.78 is 0. The first-order valence-corrected chi connectivity index (χ1v) is 6.94. The zero-order chi connectivity index (χ0) is 15.5. The van der Waals surface area contributed by atoms with Gasteiger partial charge < -0.3 is 10.8 Å². The van der Waals surface area contributed by atoms with E-state index in [4.69, 9.17) is 5.73 Å². The fourth-order valence-corrected chi connectivity index (χ4v) is 2.51. The van der Waals surface area contributed by atoms with Crippen molar-refractivity contribution in [2.75, 3.05) is 5.73 Å². The van der Waals surface area contributed by atoms with Crippen LogP contribution in [0, 0.1) is 0 Å². The van der Waals surface area contributed by atoms with Gasteiger partial charge in [0.25, 0.3) is 0 Å². The van der Waals surface area contributed by atoms with Crippen LogP contribution in [-0.4, -0.2) is 11.1 Å². The fraction of sp³-hybridized carbons (Fsp3) is 0. The molecule has 0 aliphatic rings. The second kappa shape index (κ2) is 5.74. The van der Waals surface area contributed by atoms with Crippen LogP contribution in [0.3, 0.4) is 0 Å². The average molecular weight is 289 g/mol. The fourth-order valence-electron chi connectivity index (χ4n) is 2.51. The third kappa shape index (κ3) is 2.56. The number of anilines is 1. The molecule has 0 saturated heterocycles. The molecule has 0 fully saturated rings. The van der Waals surface area contributed by atoms with E-state index in [2.05, 4.69) is 0 Å². The monoisotopic (exact) mass is 289 g/mol. The highest BCUT2D eigenvalue weighted by Gasteiger charge is 2.15. The molecule has 0 unspecified atom stereocenters. The number of carbonyl (C=O) groups is 1. The number of rotatable bonds is 3. The van der Waals surface area contributed by atoms with Gasteiger partial charge in [-0.25, -0.2) is 4.79 Å². The van der Waals surface area contributed by atoms with E-state index in [1.807, 2.05) is 60.7 Å². The maximum atomic E-state index is 11.4. The number of nitrogens with two attached hydrogens (primary N) is 1. The summed E-state index contributed by atoms with van der Waals surface area (Å²) in [6.07, 6.45) is 0.